The van der Waals surface area contributed by atoms with Gasteiger partial charge in [-0.15, -0.1) is 0 Å². The van der Waals surface area contributed by atoms with Gasteiger partial charge in [-0.25, -0.2) is 0 Å². The van der Waals surface area contributed by atoms with E-state index in [4.69, 9.17) is 10.5 Å². The summed E-state index contributed by atoms with van der Waals surface area (Å²) in [6.45, 7) is 6.57. The number of likely N-dealkylation sites (N-methyl/N-ethyl adjacent to an activating group) is 1. The van der Waals surface area contributed by atoms with Gasteiger partial charge in [0.2, 0.25) is 0 Å². The lowest BCUT2D eigenvalue weighted by atomic mass is 10.2. The number of nitrogens with two attached hydrogens (primary N) is 1. The van der Waals surface area contributed by atoms with E-state index in [0.29, 0.717) is 6.61 Å². The molecule has 90 valence electrons. The lowest BCUT2D eigenvalue weighted by Crippen LogP contribution is -2.35. The first kappa shape index (κ1) is 13.0. The minimum Gasteiger partial charge on any atom is -0.492 e. The second-order valence-electron chi connectivity index (χ2n) is 4.35. The van der Waals surface area contributed by atoms with E-state index in [-0.39, 0.29) is 6.04 Å². The number of ether oxygens (including phenoxy) is 1. The zero-order valence-corrected chi connectivity index (χ0v) is 10.4. The Hall–Kier alpha value is -1.06. The summed E-state index contributed by atoms with van der Waals surface area (Å²) in [6, 6.07) is 8.28. The number of para-hydroxylation sites is 1. The highest BCUT2D eigenvalue weighted by molar-refractivity contribution is 5.31. The molecule has 2 N–H and O–H groups in total. The van der Waals surface area contributed by atoms with E-state index in [1.807, 2.05) is 25.1 Å². The van der Waals surface area contributed by atoms with Gasteiger partial charge in [0.25, 0.3) is 0 Å². The number of nitrogens with zero attached hydrogens (tertiary/aromatic N) is 1. The molecule has 0 heterocycles. The van der Waals surface area contributed by atoms with E-state index >= 15 is 0 Å². The summed E-state index contributed by atoms with van der Waals surface area (Å²) in [7, 11) is 2.06. The van der Waals surface area contributed by atoms with Crippen LogP contribution in [0, 0.1) is 6.92 Å². The average molecular weight is 222 g/mol. The van der Waals surface area contributed by atoms with Gasteiger partial charge in [-0.3, -0.25) is 0 Å². The topological polar surface area (TPSA) is 38.5 Å². The Morgan fingerprint density at radius 3 is 2.69 bits per heavy atom. The van der Waals surface area contributed by atoms with Crippen LogP contribution in [0.5, 0.6) is 5.75 Å². The minimum atomic E-state index is 0.212. The van der Waals surface area contributed by atoms with E-state index in [1.165, 1.54) is 5.56 Å². The highest BCUT2D eigenvalue weighted by Crippen LogP contribution is 2.15. The van der Waals surface area contributed by atoms with Crippen molar-refractivity contribution in [1.82, 2.24) is 4.90 Å². The molecule has 0 aliphatic carbocycles. The molecule has 0 amide bonds. The van der Waals surface area contributed by atoms with Gasteiger partial charge in [0.05, 0.1) is 0 Å². The van der Waals surface area contributed by atoms with Crippen LogP contribution < -0.4 is 10.5 Å². The Labute approximate surface area is 98.2 Å². The van der Waals surface area contributed by atoms with E-state index in [0.717, 1.165) is 18.8 Å². The van der Waals surface area contributed by atoms with Crippen LogP contribution in [0.2, 0.25) is 0 Å². The highest BCUT2D eigenvalue weighted by atomic mass is 16.5. The van der Waals surface area contributed by atoms with E-state index in [9.17, 15) is 0 Å². The quantitative estimate of drug-likeness (QED) is 0.795. The van der Waals surface area contributed by atoms with Crippen molar-refractivity contribution in [2.24, 2.45) is 5.73 Å². The molecule has 0 radical (unpaired) electrons. The van der Waals surface area contributed by atoms with Crippen molar-refractivity contribution < 1.29 is 4.74 Å². The van der Waals surface area contributed by atoms with Gasteiger partial charge in [-0.2, -0.15) is 0 Å². The lowest BCUT2D eigenvalue weighted by Gasteiger charge is -2.19. The van der Waals surface area contributed by atoms with Crippen LogP contribution in [-0.4, -0.2) is 37.7 Å². The molecule has 0 aliphatic rings. The predicted octanol–water partition coefficient (Wildman–Crippen LogP) is 1.65. The van der Waals surface area contributed by atoms with Gasteiger partial charge in [-0.05, 0) is 32.5 Å². The minimum absolute atomic E-state index is 0.212. The van der Waals surface area contributed by atoms with Crippen molar-refractivity contribution in [3.63, 3.8) is 0 Å². The van der Waals surface area contributed by atoms with Gasteiger partial charge in [0.1, 0.15) is 12.4 Å². The number of rotatable bonds is 6. The van der Waals surface area contributed by atoms with Crippen LogP contribution in [0.1, 0.15) is 12.5 Å². The van der Waals surface area contributed by atoms with Crippen LogP contribution in [0.3, 0.4) is 0 Å². The second kappa shape index (κ2) is 6.51. The summed E-state index contributed by atoms with van der Waals surface area (Å²) in [5, 5.41) is 0. The van der Waals surface area contributed by atoms with Gasteiger partial charge < -0.3 is 15.4 Å². The molecule has 16 heavy (non-hydrogen) atoms. The SMILES string of the molecule is Cc1ccccc1OCCN(C)CC(C)N. The van der Waals surface area contributed by atoms with Crippen LogP contribution in [0.15, 0.2) is 24.3 Å². The maximum absolute atomic E-state index is 5.72. The number of hydrogen-bond donors (Lipinski definition) is 1. The smallest absolute Gasteiger partial charge is 0.122 e. The van der Waals surface area contributed by atoms with Crippen molar-refractivity contribution in [1.29, 1.82) is 0 Å². The normalized spacial score (nSPS) is 12.8. The summed E-state index contributed by atoms with van der Waals surface area (Å²) >= 11 is 0. The third-order valence-corrected chi connectivity index (χ3v) is 2.42. The van der Waals surface area contributed by atoms with Gasteiger partial charge in [-0.1, -0.05) is 18.2 Å². The molecule has 1 aromatic rings. The first-order valence-corrected chi connectivity index (χ1v) is 5.72. The average Bonchev–Trinajstić information content (AvgIpc) is 2.19. The van der Waals surface area contributed by atoms with Crippen molar-refractivity contribution in [3.05, 3.63) is 29.8 Å². The monoisotopic (exact) mass is 222 g/mol. The third kappa shape index (κ3) is 4.64. The molecule has 1 rings (SSSR count). The number of benzene rings is 1. The molecular formula is C13H22N2O. The fraction of sp³-hybridized carbons (Fsp3) is 0.538. The maximum atomic E-state index is 5.72. The lowest BCUT2D eigenvalue weighted by molar-refractivity contribution is 0.231. The summed E-state index contributed by atoms with van der Waals surface area (Å²) in [6.07, 6.45) is 0. The summed E-state index contributed by atoms with van der Waals surface area (Å²) in [5.74, 6) is 0.969. The van der Waals surface area contributed by atoms with Crippen molar-refractivity contribution >= 4 is 0 Å². The fourth-order valence-electron chi connectivity index (χ4n) is 1.61. The van der Waals surface area contributed by atoms with Crippen LogP contribution in [0.25, 0.3) is 0 Å². The highest BCUT2D eigenvalue weighted by Gasteiger charge is 2.02. The maximum Gasteiger partial charge on any atom is 0.122 e. The summed E-state index contributed by atoms with van der Waals surface area (Å²) < 4.78 is 5.71. The Balaban J connectivity index is 2.28. The fourth-order valence-corrected chi connectivity index (χ4v) is 1.61. The molecule has 1 aromatic carbocycles. The van der Waals surface area contributed by atoms with Crippen molar-refractivity contribution in [3.8, 4) is 5.75 Å². The van der Waals surface area contributed by atoms with Gasteiger partial charge >= 0.3 is 0 Å². The number of hydrogen-bond acceptors (Lipinski definition) is 3. The molecule has 0 saturated heterocycles. The first-order chi connectivity index (χ1) is 7.59. The molecule has 0 spiro atoms. The first-order valence-electron chi connectivity index (χ1n) is 5.72. The predicted molar refractivity (Wildman–Crippen MR) is 67.8 cm³/mol. The third-order valence-electron chi connectivity index (χ3n) is 2.42. The molecule has 1 atom stereocenters. The largest absolute Gasteiger partial charge is 0.492 e. The Morgan fingerprint density at radius 1 is 1.38 bits per heavy atom. The van der Waals surface area contributed by atoms with E-state index in [1.54, 1.807) is 0 Å². The Kier molecular flexibility index (Phi) is 5.29. The van der Waals surface area contributed by atoms with Crippen LogP contribution in [-0.2, 0) is 0 Å². The van der Waals surface area contributed by atoms with E-state index in [2.05, 4.69) is 24.9 Å². The van der Waals surface area contributed by atoms with Crippen molar-refractivity contribution in [2.75, 3.05) is 26.7 Å². The zero-order chi connectivity index (χ0) is 12.0. The molecule has 0 aliphatic heterocycles. The van der Waals surface area contributed by atoms with Crippen LogP contribution in [0.4, 0.5) is 0 Å². The molecule has 1 unspecified atom stereocenters. The Morgan fingerprint density at radius 2 is 2.06 bits per heavy atom. The second-order valence-corrected chi connectivity index (χ2v) is 4.35. The van der Waals surface area contributed by atoms with E-state index < -0.39 is 0 Å². The molecule has 3 nitrogen and oxygen atoms in total. The standard InChI is InChI=1S/C13H22N2O/c1-11-6-4-5-7-13(11)16-9-8-15(3)10-12(2)14/h4-7,12H,8-10,14H2,1-3H3. The molecule has 0 saturated carbocycles. The molecular weight excluding hydrogens is 200 g/mol. The van der Waals surface area contributed by atoms with Gasteiger partial charge in [0, 0.05) is 19.1 Å². The Bertz CT molecular complexity index is 313. The summed E-state index contributed by atoms with van der Waals surface area (Å²) in [5.41, 5.74) is 6.90. The molecule has 3 heteroatoms. The van der Waals surface area contributed by atoms with Crippen LogP contribution >= 0.6 is 0 Å². The molecule has 0 aromatic heterocycles. The summed E-state index contributed by atoms with van der Waals surface area (Å²) in [4.78, 5) is 2.18. The van der Waals surface area contributed by atoms with Crippen molar-refractivity contribution in [2.45, 2.75) is 19.9 Å². The molecule has 0 fully saturated rings. The molecule has 0 bridgehead atoms. The van der Waals surface area contributed by atoms with Gasteiger partial charge in [0.15, 0.2) is 0 Å². The zero-order valence-electron chi connectivity index (χ0n) is 10.4. The number of aryl methyl sites for hydroxylation is 1.